The maximum atomic E-state index is 12.3. The first kappa shape index (κ1) is 11.6. The van der Waals surface area contributed by atoms with Crippen LogP contribution in [0.4, 0.5) is 0 Å². The number of hydrogen-bond acceptors (Lipinski definition) is 3. The molecule has 1 saturated carbocycles. The van der Waals surface area contributed by atoms with Crippen molar-refractivity contribution in [3.63, 3.8) is 0 Å². The van der Waals surface area contributed by atoms with Gasteiger partial charge in [0.15, 0.2) is 0 Å². The lowest BCUT2D eigenvalue weighted by molar-refractivity contribution is -0.138. The first-order chi connectivity index (χ1) is 8.25. The predicted molar refractivity (Wildman–Crippen MR) is 73.3 cm³/mol. The second-order valence-corrected chi connectivity index (χ2v) is 7.34. The van der Waals surface area contributed by atoms with Crippen LogP contribution < -0.4 is 0 Å². The van der Waals surface area contributed by atoms with E-state index in [4.69, 9.17) is 0 Å². The Morgan fingerprint density at radius 1 is 1.41 bits per heavy atom. The third kappa shape index (κ3) is 2.13. The third-order valence-electron chi connectivity index (χ3n) is 3.63. The summed E-state index contributed by atoms with van der Waals surface area (Å²) in [6.07, 6.45) is 3.45. The van der Waals surface area contributed by atoms with Crippen molar-refractivity contribution in [1.29, 1.82) is 0 Å². The molecule has 0 bridgehead atoms. The van der Waals surface area contributed by atoms with Crippen LogP contribution in [0.3, 0.4) is 0 Å². The van der Waals surface area contributed by atoms with E-state index in [0.717, 1.165) is 25.1 Å². The number of carbonyl (C=O) groups excluding carboxylic acids is 1. The smallest absolute Gasteiger partial charge is 0.226 e. The summed E-state index contributed by atoms with van der Waals surface area (Å²) in [5.74, 6) is 1.81. The van der Waals surface area contributed by atoms with Crippen LogP contribution >= 0.6 is 23.1 Å². The van der Waals surface area contributed by atoms with Gasteiger partial charge < -0.3 is 4.90 Å². The molecule has 0 N–H and O–H groups in total. The minimum absolute atomic E-state index is 0.293. The van der Waals surface area contributed by atoms with Crippen LogP contribution in [0.15, 0.2) is 12.1 Å². The zero-order chi connectivity index (χ0) is 11.8. The van der Waals surface area contributed by atoms with Gasteiger partial charge in [-0.1, -0.05) is 6.42 Å². The SMILES string of the molecule is Cc1ccc(C2SCCN2C(=O)C2CCC2)s1. The summed E-state index contributed by atoms with van der Waals surface area (Å²) in [5.41, 5.74) is 0. The molecule has 1 unspecified atom stereocenters. The zero-order valence-electron chi connectivity index (χ0n) is 10.0. The van der Waals surface area contributed by atoms with E-state index in [1.807, 2.05) is 23.1 Å². The Labute approximate surface area is 110 Å². The summed E-state index contributed by atoms with van der Waals surface area (Å²) in [6.45, 7) is 3.06. The molecule has 0 aromatic carbocycles. The third-order valence-corrected chi connectivity index (χ3v) is 6.08. The second-order valence-electron chi connectivity index (χ2n) is 4.83. The number of rotatable bonds is 2. The van der Waals surface area contributed by atoms with E-state index >= 15 is 0 Å². The molecule has 0 spiro atoms. The molecular weight excluding hydrogens is 250 g/mol. The molecule has 1 atom stereocenters. The van der Waals surface area contributed by atoms with Crippen LogP contribution in [-0.4, -0.2) is 23.1 Å². The van der Waals surface area contributed by atoms with E-state index in [9.17, 15) is 4.79 Å². The van der Waals surface area contributed by atoms with Gasteiger partial charge in [0, 0.05) is 28.0 Å². The normalized spacial score (nSPS) is 25.0. The van der Waals surface area contributed by atoms with Gasteiger partial charge in [0.2, 0.25) is 5.91 Å². The monoisotopic (exact) mass is 267 g/mol. The molecule has 92 valence electrons. The molecule has 2 heterocycles. The van der Waals surface area contributed by atoms with Crippen LogP contribution in [0.25, 0.3) is 0 Å². The summed E-state index contributed by atoms with van der Waals surface area (Å²) in [4.78, 5) is 17.1. The van der Waals surface area contributed by atoms with Crippen molar-refractivity contribution in [2.24, 2.45) is 5.92 Å². The van der Waals surface area contributed by atoms with Crippen molar-refractivity contribution in [2.75, 3.05) is 12.3 Å². The molecule has 2 nitrogen and oxygen atoms in total. The van der Waals surface area contributed by atoms with Gasteiger partial charge in [-0.3, -0.25) is 4.79 Å². The van der Waals surface area contributed by atoms with Crippen molar-refractivity contribution in [3.05, 3.63) is 21.9 Å². The Morgan fingerprint density at radius 2 is 2.24 bits per heavy atom. The van der Waals surface area contributed by atoms with Crippen molar-refractivity contribution >= 4 is 29.0 Å². The highest BCUT2D eigenvalue weighted by molar-refractivity contribution is 7.99. The van der Waals surface area contributed by atoms with E-state index in [2.05, 4.69) is 24.0 Å². The second kappa shape index (κ2) is 4.65. The Hall–Kier alpha value is -0.480. The van der Waals surface area contributed by atoms with E-state index in [1.54, 1.807) is 0 Å². The lowest BCUT2D eigenvalue weighted by atomic mass is 9.84. The van der Waals surface area contributed by atoms with E-state index < -0.39 is 0 Å². The van der Waals surface area contributed by atoms with Crippen molar-refractivity contribution < 1.29 is 4.79 Å². The molecule has 1 amide bonds. The molecule has 1 aliphatic carbocycles. The Balaban J connectivity index is 1.77. The molecule has 1 aliphatic heterocycles. The topological polar surface area (TPSA) is 20.3 Å². The highest BCUT2D eigenvalue weighted by Crippen LogP contribution is 2.43. The standard InChI is InChI=1S/C13H17NOS2/c1-9-5-6-11(17-9)13-14(7-8-16-13)12(15)10-3-2-4-10/h5-6,10,13H,2-4,7-8H2,1H3. The van der Waals surface area contributed by atoms with E-state index in [1.165, 1.54) is 16.2 Å². The molecule has 1 saturated heterocycles. The number of hydrogen-bond donors (Lipinski definition) is 0. The van der Waals surface area contributed by atoms with Gasteiger partial charge in [-0.25, -0.2) is 0 Å². The number of thiophene rings is 1. The lowest BCUT2D eigenvalue weighted by Gasteiger charge is -2.31. The van der Waals surface area contributed by atoms with Gasteiger partial charge in [-0.15, -0.1) is 23.1 Å². The molecule has 2 fully saturated rings. The van der Waals surface area contributed by atoms with Crippen LogP contribution in [-0.2, 0) is 4.79 Å². The lowest BCUT2D eigenvalue weighted by Crippen LogP contribution is -2.38. The minimum Gasteiger partial charge on any atom is -0.325 e. The zero-order valence-corrected chi connectivity index (χ0v) is 11.6. The van der Waals surface area contributed by atoms with Crippen LogP contribution in [0.5, 0.6) is 0 Å². The fourth-order valence-electron chi connectivity index (χ4n) is 2.41. The Kier molecular flexibility index (Phi) is 3.17. The molecular formula is C13H17NOS2. The number of thioether (sulfide) groups is 1. The number of aryl methyl sites for hydroxylation is 1. The van der Waals surface area contributed by atoms with Gasteiger partial charge >= 0.3 is 0 Å². The quantitative estimate of drug-likeness (QED) is 0.818. The van der Waals surface area contributed by atoms with Crippen molar-refractivity contribution in [3.8, 4) is 0 Å². The molecule has 0 radical (unpaired) electrons. The van der Waals surface area contributed by atoms with Crippen LogP contribution in [0, 0.1) is 12.8 Å². The van der Waals surface area contributed by atoms with E-state index in [0.29, 0.717) is 17.2 Å². The first-order valence-corrected chi connectivity index (χ1v) is 8.10. The first-order valence-electron chi connectivity index (χ1n) is 6.24. The predicted octanol–water partition coefficient (Wildman–Crippen LogP) is 3.43. The molecule has 4 heteroatoms. The summed E-state index contributed by atoms with van der Waals surface area (Å²) < 4.78 is 0. The van der Waals surface area contributed by atoms with Gasteiger partial charge in [0.05, 0.1) is 0 Å². The molecule has 3 rings (SSSR count). The molecule has 2 aliphatic rings. The largest absolute Gasteiger partial charge is 0.325 e. The van der Waals surface area contributed by atoms with E-state index in [-0.39, 0.29) is 0 Å². The maximum Gasteiger partial charge on any atom is 0.226 e. The molecule has 1 aromatic heterocycles. The fourth-order valence-corrected chi connectivity index (χ4v) is 4.79. The molecule has 1 aromatic rings. The van der Waals surface area contributed by atoms with Gasteiger partial charge in [-0.2, -0.15) is 0 Å². The summed E-state index contributed by atoms with van der Waals surface area (Å²) >= 11 is 3.74. The minimum atomic E-state index is 0.293. The summed E-state index contributed by atoms with van der Waals surface area (Å²) in [7, 11) is 0. The van der Waals surface area contributed by atoms with Crippen LogP contribution in [0.2, 0.25) is 0 Å². The Morgan fingerprint density at radius 3 is 2.82 bits per heavy atom. The molecule has 17 heavy (non-hydrogen) atoms. The average Bonchev–Trinajstić information content (AvgIpc) is 2.81. The number of nitrogens with zero attached hydrogens (tertiary/aromatic N) is 1. The van der Waals surface area contributed by atoms with Gasteiger partial charge in [-0.05, 0) is 31.9 Å². The number of carbonyl (C=O) groups is 1. The van der Waals surface area contributed by atoms with Crippen molar-refractivity contribution in [1.82, 2.24) is 4.90 Å². The Bertz CT molecular complexity index is 425. The van der Waals surface area contributed by atoms with Crippen molar-refractivity contribution in [2.45, 2.75) is 31.6 Å². The highest BCUT2D eigenvalue weighted by Gasteiger charge is 2.37. The fraction of sp³-hybridized carbons (Fsp3) is 0.615. The van der Waals surface area contributed by atoms with Gasteiger partial charge in [0.25, 0.3) is 0 Å². The number of amides is 1. The maximum absolute atomic E-state index is 12.3. The summed E-state index contributed by atoms with van der Waals surface area (Å²) in [6, 6.07) is 4.34. The average molecular weight is 267 g/mol. The summed E-state index contributed by atoms with van der Waals surface area (Å²) in [5, 5.41) is 0.293. The highest BCUT2D eigenvalue weighted by atomic mass is 32.2. The van der Waals surface area contributed by atoms with Crippen LogP contribution in [0.1, 0.15) is 34.4 Å². The van der Waals surface area contributed by atoms with Gasteiger partial charge in [0.1, 0.15) is 5.37 Å².